The van der Waals surface area contributed by atoms with E-state index < -0.39 is 29.8 Å². The molecule has 0 aromatic heterocycles. The highest BCUT2D eigenvalue weighted by atomic mass is 16.6. The maximum Gasteiger partial charge on any atom is 0.411 e. The third kappa shape index (κ3) is 3.60. The highest BCUT2D eigenvalue weighted by Gasteiger charge is 2.42. The fourth-order valence-corrected chi connectivity index (χ4v) is 1.97. The summed E-state index contributed by atoms with van der Waals surface area (Å²) in [5.41, 5.74) is -0.648. The van der Waals surface area contributed by atoms with Gasteiger partial charge in [-0.2, -0.15) is 0 Å². The number of morpholine rings is 1. The average molecular weight is 259 g/mol. The molecule has 6 heteroatoms. The van der Waals surface area contributed by atoms with Crippen molar-refractivity contribution >= 4 is 12.1 Å². The zero-order valence-electron chi connectivity index (χ0n) is 11.5. The molecule has 1 N–H and O–H groups in total. The van der Waals surface area contributed by atoms with Crippen molar-refractivity contribution in [1.82, 2.24) is 4.90 Å². The third-order valence-corrected chi connectivity index (χ3v) is 2.56. The fourth-order valence-electron chi connectivity index (χ4n) is 1.97. The van der Waals surface area contributed by atoms with E-state index in [1.165, 1.54) is 4.90 Å². The van der Waals surface area contributed by atoms with Crippen LogP contribution in [0.4, 0.5) is 4.79 Å². The van der Waals surface area contributed by atoms with Crippen LogP contribution in [0.5, 0.6) is 0 Å². The summed E-state index contributed by atoms with van der Waals surface area (Å²) in [7, 11) is 0. The number of carbonyl (C=O) groups excluding carboxylic acids is 1. The second-order valence-corrected chi connectivity index (χ2v) is 5.57. The SMILES string of the molecule is C[C@H]1CN(C(=O)OC(C)(C)C)C(C(=O)O)[C@@H](C)O1. The lowest BCUT2D eigenvalue weighted by Gasteiger charge is -2.40. The van der Waals surface area contributed by atoms with Gasteiger partial charge in [0, 0.05) is 0 Å². The minimum Gasteiger partial charge on any atom is -0.480 e. The van der Waals surface area contributed by atoms with Gasteiger partial charge < -0.3 is 14.6 Å². The number of aliphatic carboxylic acids is 1. The van der Waals surface area contributed by atoms with Gasteiger partial charge in [0.2, 0.25) is 0 Å². The van der Waals surface area contributed by atoms with Crippen LogP contribution in [0, 0.1) is 0 Å². The van der Waals surface area contributed by atoms with Crippen LogP contribution >= 0.6 is 0 Å². The number of amides is 1. The molecule has 0 radical (unpaired) electrons. The van der Waals surface area contributed by atoms with Gasteiger partial charge in [-0.1, -0.05) is 0 Å². The summed E-state index contributed by atoms with van der Waals surface area (Å²) in [5, 5.41) is 9.18. The number of nitrogens with zero attached hydrogens (tertiary/aromatic N) is 1. The normalized spacial score (nSPS) is 28.9. The average Bonchev–Trinajstić information content (AvgIpc) is 2.12. The van der Waals surface area contributed by atoms with Crippen LogP contribution in [0.25, 0.3) is 0 Å². The molecule has 1 aliphatic heterocycles. The number of rotatable bonds is 1. The summed E-state index contributed by atoms with van der Waals surface area (Å²) in [4.78, 5) is 24.5. The summed E-state index contributed by atoms with van der Waals surface area (Å²) in [6, 6.07) is -1.00. The van der Waals surface area contributed by atoms with Crippen LogP contribution in [-0.2, 0) is 14.3 Å². The van der Waals surface area contributed by atoms with E-state index in [-0.39, 0.29) is 12.6 Å². The molecule has 0 aromatic carbocycles. The van der Waals surface area contributed by atoms with E-state index >= 15 is 0 Å². The Hall–Kier alpha value is -1.30. The molecule has 18 heavy (non-hydrogen) atoms. The van der Waals surface area contributed by atoms with Gasteiger partial charge in [-0.3, -0.25) is 4.90 Å². The van der Waals surface area contributed by atoms with Gasteiger partial charge in [-0.25, -0.2) is 9.59 Å². The van der Waals surface area contributed by atoms with Gasteiger partial charge in [0.25, 0.3) is 0 Å². The zero-order valence-corrected chi connectivity index (χ0v) is 11.5. The van der Waals surface area contributed by atoms with Gasteiger partial charge in [0.15, 0.2) is 6.04 Å². The summed E-state index contributed by atoms with van der Waals surface area (Å²) in [5.74, 6) is -1.08. The number of carboxylic acids is 1. The fraction of sp³-hybridized carbons (Fsp3) is 0.833. The van der Waals surface area contributed by atoms with Crippen molar-refractivity contribution in [3.8, 4) is 0 Å². The Balaban J connectivity index is 2.87. The van der Waals surface area contributed by atoms with E-state index in [0.717, 1.165) is 0 Å². The lowest BCUT2D eigenvalue weighted by Crippen LogP contribution is -2.59. The van der Waals surface area contributed by atoms with Gasteiger partial charge >= 0.3 is 12.1 Å². The van der Waals surface area contributed by atoms with Crippen molar-refractivity contribution in [2.75, 3.05) is 6.54 Å². The Morgan fingerprint density at radius 3 is 2.33 bits per heavy atom. The van der Waals surface area contributed by atoms with Crippen molar-refractivity contribution in [3.63, 3.8) is 0 Å². The Labute approximate surface area is 107 Å². The topological polar surface area (TPSA) is 76.1 Å². The number of hydrogen-bond donors (Lipinski definition) is 1. The smallest absolute Gasteiger partial charge is 0.411 e. The van der Waals surface area contributed by atoms with Gasteiger partial charge in [-0.15, -0.1) is 0 Å². The van der Waals surface area contributed by atoms with E-state index in [2.05, 4.69) is 0 Å². The quantitative estimate of drug-likeness (QED) is 0.772. The maximum absolute atomic E-state index is 12.0. The van der Waals surface area contributed by atoms with Crippen molar-refractivity contribution in [3.05, 3.63) is 0 Å². The van der Waals surface area contributed by atoms with E-state index in [0.29, 0.717) is 0 Å². The van der Waals surface area contributed by atoms with Gasteiger partial charge in [-0.05, 0) is 34.6 Å². The molecule has 0 bridgehead atoms. The third-order valence-electron chi connectivity index (χ3n) is 2.56. The molecular weight excluding hydrogens is 238 g/mol. The molecule has 0 saturated carbocycles. The molecule has 0 spiro atoms. The highest BCUT2D eigenvalue weighted by molar-refractivity contribution is 5.81. The van der Waals surface area contributed by atoms with E-state index in [9.17, 15) is 14.7 Å². The molecule has 1 rings (SSSR count). The van der Waals surface area contributed by atoms with Crippen LogP contribution < -0.4 is 0 Å². The lowest BCUT2D eigenvalue weighted by molar-refractivity contribution is -0.161. The molecule has 3 atom stereocenters. The molecule has 1 saturated heterocycles. The van der Waals surface area contributed by atoms with Crippen LogP contribution in [0.15, 0.2) is 0 Å². The highest BCUT2D eigenvalue weighted by Crippen LogP contribution is 2.21. The summed E-state index contributed by atoms with van der Waals surface area (Å²) >= 11 is 0. The van der Waals surface area contributed by atoms with E-state index in [4.69, 9.17) is 9.47 Å². The minimum atomic E-state index is -1.08. The van der Waals surface area contributed by atoms with E-state index in [1.807, 2.05) is 0 Å². The molecule has 0 aliphatic carbocycles. The van der Waals surface area contributed by atoms with Crippen molar-refractivity contribution in [2.24, 2.45) is 0 Å². The zero-order chi connectivity index (χ0) is 14.1. The van der Waals surface area contributed by atoms with Crippen LogP contribution in [-0.4, -0.2) is 52.5 Å². The number of carboxylic acid groups (broad SMARTS) is 1. The van der Waals surface area contributed by atoms with Gasteiger partial charge in [0.1, 0.15) is 5.60 Å². The van der Waals surface area contributed by atoms with Crippen LogP contribution in [0.1, 0.15) is 34.6 Å². The van der Waals surface area contributed by atoms with Crippen molar-refractivity contribution in [2.45, 2.75) is 58.5 Å². The first-order chi connectivity index (χ1) is 8.11. The predicted octanol–water partition coefficient (Wildman–Crippen LogP) is 1.48. The molecule has 1 unspecified atom stereocenters. The molecular formula is C12H21NO5. The Kier molecular flexibility index (Phi) is 4.21. The molecule has 1 aliphatic rings. The predicted molar refractivity (Wildman–Crippen MR) is 64.4 cm³/mol. The Morgan fingerprint density at radius 1 is 1.33 bits per heavy atom. The Morgan fingerprint density at radius 2 is 1.89 bits per heavy atom. The molecule has 1 heterocycles. The number of hydrogen-bond acceptors (Lipinski definition) is 4. The first-order valence-electron chi connectivity index (χ1n) is 5.99. The number of ether oxygens (including phenoxy) is 2. The molecule has 1 amide bonds. The second-order valence-electron chi connectivity index (χ2n) is 5.57. The summed E-state index contributed by atoms with van der Waals surface area (Å²) < 4.78 is 10.7. The minimum absolute atomic E-state index is 0.205. The van der Waals surface area contributed by atoms with Crippen molar-refractivity contribution < 1.29 is 24.2 Å². The van der Waals surface area contributed by atoms with E-state index in [1.54, 1.807) is 34.6 Å². The maximum atomic E-state index is 12.0. The molecule has 104 valence electrons. The standard InChI is InChI=1S/C12H21NO5/c1-7-6-13(11(16)18-12(3,4)5)9(10(14)15)8(2)17-7/h7-9H,6H2,1-5H3,(H,14,15)/t7-,8+,9?/m0/s1. The Bertz CT molecular complexity index is 336. The second kappa shape index (κ2) is 5.14. The van der Waals surface area contributed by atoms with Crippen LogP contribution in [0.2, 0.25) is 0 Å². The van der Waals surface area contributed by atoms with Crippen LogP contribution in [0.3, 0.4) is 0 Å². The summed E-state index contributed by atoms with van der Waals surface area (Å²) in [6.07, 6.45) is -1.38. The van der Waals surface area contributed by atoms with Crippen molar-refractivity contribution in [1.29, 1.82) is 0 Å². The van der Waals surface area contributed by atoms with Gasteiger partial charge in [0.05, 0.1) is 18.8 Å². The molecule has 6 nitrogen and oxygen atoms in total. The summed E-state index contributed by atoms with van der Waals surface area (Å²) in [6.45, 7) is 8.89. The largest absolute Gasteiger partial charge is 0.480 e. The number of carbonyl (C=O) groups is 2. The first kappa shape index (κ1) is 14.8. The first-order valence-corrected chi connectivity index (χ1v) is 5.99. The monoisotopic (exact) mass is 259 g/mol. The molecule has 1 fully saturated rings. The lowest BCUT2D eigenvalue weighted by atomic mass is 10.1. The molecule has 0 aromatic rings.